The fourth-order valence-corrected chi connectivity index (χ4v) is 15.2. The van der Waals surface area contributed by atoms with Gasteiger partial charge in [-0.3, -0.25) is 9.13 Å². The van der Waals surface area contributed by atoms with E-state index < -0.39 is 0 Å². The Morgan fingerprint density at radius 3 is 1.14 bits per heavy atom. The highest BCUT2D eigenvalue weighted by atomic mass is 15.2. The van der Waals surface area contributed by atoms with Crippen LogP contribution >= 0.6 is 0 Å². The fourth-order valence-electron chi connectivity index (χ4n) is 15.2. The number of rotatable bonds is 1. The van der Waals surface area contributed by atoms with Crippen LogP contribution in [0, 0.1) is 0 Å². The summed E-state index contributed by atoms with van der Waals surface area (Å²) >= 11 is 0. The fraction of sp³-hybridized carbons (Fsp3) is 0.438. The van der Waals surface area contributed by atoms with E-state index >= 15 is 0 Å². The van der Waals surface area contributed by atoms with E-state index in [4.69, 9.17) is 4.98 Å². The van der Waals surface area contributed by atoms with Crippen LogP contribution in [-0.4, -0.2) is 25.4 Å². The lowest BCUT2D eigenvalue weighted by Gasteiger charge is -2.42. The zero-order valence-corrected chi connectivity index (χ0v) is 50.9. The van der Waals surface area contributed by atoms with E-state index in [-0.39, 0.29) is 50.0 Å². The Balaban J connectivity index is 1.22. The lowest BCUT2D eigenvalue weighted by Crippen LogP contribution is -2.60. The minimum atomic E-state index is -0.0794. The summed E-state index contributed by atoms with van der Waals surface area (Å²) in [5.74, 6) is 2.03. The van der Waals surface area contributed by atoms with Gasteiger partial charge in [-0.25, -0.2) is 4.98 Å². The third-order valence-electron chi connectivity index (χ3n) is 20.6. The molecule has 14 rings (SSSR count). The average molecular weight is 1030 g/mol. The SMILES string of the molecule is CC(C)(C)c1ccc2c(c1)c1cc(C(C)(C)C)cc3c1n2-c1cc(-n2c4cc5c(cc4c4cc6c(cc42)C(C)(C)CCC6(C)C)C(C)(C)CCC5(C)C)nc2c1B3c1cc(C(C)(C)C)cc3c4cc(C(C)(C)C)ccc4n-2c13. The summed E-state index contributed by atoms with van der Waals surface area (Å²) in [4.78, 5) is 6.32. The molecule has 6 aromatic carbocycles. The van der Waals surface area contributed by atoms with Gasteiger partial charge in [0, 0.05) is 49.6 Å². The molecule has 0 saturated heterocycles. The molecule has 5 heteroatoms. The Hall–Kier alpha value is -6.07. The maximum absolute atomic E-state index is 6.32. The molecule has 0 amide bonds. The molecule has 0 spiro atoms. The molecular weight excluding hydrogens is 944 g/mol. The van der Waals surface area contributed by atoms with Crippen molar-refractivity contribution in [2.75, 3.05) is 0 Å². The minimum Gasteiger partial charge on any atom is -0.310 e. The van der Waals surface area contributed by atoms with E-state index in [0.717, 1.165) is 24.5 Å². The second-order valence-electron chi connectivity index (χ2n) is 31.9. The van der Waals surface area contributed by atoms with Crippen molar-refractivity contribution in [3.8, 4) is 17.3 Å². The van der Waals surface area contributed by atoms with Crippen LogP contribution in [0.3, 0.4) is 0 Å². The van der Waals surface area contributed by atoms with Crippen molar-refractivity contribution in [2.45, 2.75) is 207 Å². The first-order chi connectivity index (χ1) is 36.2. The van der Waals surface area contributed by atoms with Crippen LogP contribution in [0.4, 0.5) is 0 Å². The molecule has 398 valence electrons. The number of nitrogens with zero attached hydrogens (tertiary/aromatic N) is 4. The normalized spacial score (nSPS) is 18.2. The van der Waals surface area contributed by atoms with Crippen molar-refractivity contribution >= 4 is 88.5 Å². The quantitative estimate of drug-likeness (QED) is 0.151. The Labute approximate surface area is 465 Å². The number of benzene rings is 6. The largest absolute Gasteiger partial charge is 0.310 e. The van der Waals surface area contributed by atoms with Gasteiger partial charge in [0.15, 0.2) is 0 Å². The highest BCUT2D eigenvalue weighted by molar-refractivity contribution is 7.00. The van der Waals surface area contributed by atoms with Gasteiger partial charge in [0.05, 0.1) is 27.6 Å². The van der Waals surface area contributed by atoms with Crippen LogP contribution in [0.15, 0.2) is 91.0 Å². The van der Waals surface area contributed by atoms with E-state index in [9.17, 15) is 0 Å². The molecule has 10 aromatic rings. The molecule has 0 saturated carbocycles. The van der Waals surface area contributed by atoms with Gasteiger partial charge in [0.25, 0.3) is 6.71 Å². The highest BCUT2D eigenvalue weighted by Gasteiger charge is 2.45. The molecule has 4 aromatic heterocycles. The molecule has 2 aliphatic heterocycles. The summed E-state index contributed by atoms with van der Waals surface area (Å²) in [6, 6.07) is 38.1. The lowest BCUT2D eigenvalue weighted by atomic mass is 9.34. The molecule has 0 unspecified atom stereocenters. The van der Waals surface area contributed by atoms with E-state index in [1.54, 1.807) is 0 Å². The summed E-state index contributed by atoms with van der Waals surface area (Å²) in [5, 5.41) is 7.99. The van der Waals surface area contributed by atoms with Crippen LogP contribution < -0.4 is 16.4 Å². The summed E-state index contributed by atoms with van der Waals surface area (Å²) in [6.07, 6.45) is 4.67. The zero-order chi connectivity index (χ0) is 55.5. The van der Waals surface area contributed by atoms with E-state index in [1.165, 1.54) is 145 Å². The van der Waals surface area contributed by atoms with Crippen molar-refractivity contribution in [2.24, 2.45) is 0 Å². The molecule has 2 aliphatic carbocycles. The van der Waals surface area contributed by atoms with Crippen molar-refractivity contribution in [3.05, 3.63) is 136 Å². The van der Waals surface area contributed by atoms with Crippen LogP contribution in [-0.2, 0) is 43.3 Å². The molecule has 0 atom stereocenters. The molecular formula is C73H83BN4. The molecule has 78 heavy (non-hydrogen) atoms. The van der Waals surface area contributed by atoms with Gasteiger partial charge in [-0.1, -0.05) is 163 Å². The Kier molecular flexibility index (Phi) is 9.67. The van der Waals surface area contributed by atoms with Crippen molar-refractivity contribution in [3.63, 3.8) is 0 Å². The molecule has 4 aliphatic rings. The molecule has 0 fully saturated rings. The lowest BCUT2D eigenvalue weighted by molar-refractivity contribution is 0.332. The maximum atomic E-state index is 6.32. The summed E-state index contributed by atoms with van der Waals surface area (Å²) in [5.41, 5.74) is 24.4. The molecule has 6 heterocycles. The Morgan fingerprint density at radius 2 is 0.731 bits per heavy atom. The van der Waals surface area contributed by atoms with Gasteiger partial charge in [-0.2, -0.15) is 0 Å². The van der Waals surface area contributed by atoms with E-state index in [0.29, 0.717) is 0 Å². The predicted molar refractivity (Wildman–Crippen MR) is 337 cm³/mol. The first kappa shape index (κ1) is 50.2. The zero-order valence-electron chi connectivity index (χ0n) is 50.9. The number of pyridine rings is 1. The van der Waals surface area contributed by atoms with Crippen molar-refractivity contribution in [1.82, 2.24) is 18.7 Å². The predicted octanol–water partition coefficient (Wildman–Crippen LogP) is 17.4. The van der Waals surface area contributed by atoms with Gasteiger partial charge in [0.2, 0.25) is 0 Å². The Morgan fingerprint density at radius 1 is 0.372 bits per heavy atom. The van der Waals surface area contributed by atoms with Gasteiger partial charge in [-0.15, -0.1) is 0 Å². The second-order valence-corrected chi connectivity index (χ2v) is 31.9. The van der Waals surface area contributed by atoms with Crippen LogP contribution in [0.25, 0.3) is 82.7 Å². The minimum absolute atomic E-state index is 0.0141. The summed E-state index contributed by atoms with van der Waals surface area (Å²) in [6.45, 7) is 48.3. The number of hydrogen-bond acceptors (Lipinski definition) is 1. The molecule has 0 bridgehead atoms. The third-order valence-corrected chi connectivity index (χ3v) is 20.6. The number of aromatic nitrogens is 4. The molecule has 0 N–H and O–H groups in total. The highest BCUT2D eigenvalue weighted by Crippen LogP contribution is 2.53. The van der Waals surface area contributed by atoms with Crippen molar-refractivity contribution < 1.29 is 0 Å². The van der Waals surface area contributed by atoms with Gasteiger partial charge in [-0.05, 0) is 191 Å². The molecule has 0 radical (unpaired) electrons. The number of fused-ring (bicyclic) bond motifs is 15. The topological polar surface area (TPSA) is 27.7 Å². The standard InChI is InChI=1S/C73H83BN4/c1-66(2,3)40-21-23-56-44(29-40)48-31-42(68(7,8)9)33-54-63(48)77(56)60-39-61(75-65-62(60)74(54)55-34-43(69(10,11)12)32-49-45-30-41(67(4,5)6)22-24-57(45)78(65)64(49)55)76-58-37-52-50(70(13,14)25-27-72(52,17)18)35-46(58)47-36-51-53(38-59(47)76)73(19,20)28-26-71(51,15)16/h21-24,29-39H,25-28H2,1-20H3. The van der Waals surface area contributed by atoms with Gasteiger partial charge >= 0.3 is 0 Å². The summed E-state index contributed by atoms with van der Waals surface area (Å²) < 4.78 is 7.93. The maximum Gasteiger partial charge on any atom is 0.254 e. The van der Waals surface area contributed by atoms with E-state index in [2.05, 4.69) is 243 Å². The van der Waals surface area contributed by atoms with Gasteiger partial charge < -0.3 is 4.57 Å². The van der Waals surface area contributed by atoms with Crippen LogP contribution in [0.2, 0.25) is 0 Å². The average Bonchev–Trinajstić information content (AvgIpc) is 2.34. The molecule has 4 nitrogen and oxygen atoms in total. The van der Waals surface area contributed by atoms with Gasteiger partial charge in [0.1, 0.15) is 11.6 Å². The second kappa shape index (κ2) is 15.0. The first-order valence-electron chi connectivity index (χ1n) is 29.7. The van der Waals surface area contributed by atoms with Crippen molar-refractivity contribution in [1.29, 1.82) is 0 Å². The summed E-state index contributed by atoms with van der Waals surface area (Å²) in [7, 11) is 0. The monoisotopic (exact) mass is 1030 g/mol. The third kappa shape index (κ3) is 6.75. The smallest absolute Gasteiger partial charge is 0.254 e. The van der Waals surface area contributed by atoms with E-state index in [1.807, 2.05) is 0 Å². The first-order valence-corrected chi connectivity index (χ1v) is 29.7. The van der Waals surface area contributed by atoms with Crippen LogP contribution in [0.1, 0.15) is 209 Å². The number of hydrogen-bond donors (Lipinski definition) is 0. The van der Waals surface area contributed by atoms with Crippen LogP contribution in [0.5, 0.6) is 0 Å². The Bertz CT molecular complexity index is 4080.